The maximum Gasteiger partial charge on any atom is 0.115 e. The molecule has 0 heterocycles. The first kappa shape index (κ1) is 12.1. The molecule has 0 amide bonds. The molecule has 54 valence electrons. The second kappa shape index (κ2) is 8.38. The van der Waals surface area contributed by atoms with Gasteiger partial charge in [-0.3, -0.25) is 0 Å². The fraction of sp³-hybridized carbons (Fsp3) is 0. The van der Waals surface area contributed by atoms with E-state index in [1.807, 2.05) is 12.9 Å². The van der Waals surface area contributed by atoms with E-state index in [1.54, 1.807) is 24.3 Å². The summed E-state index contributed by atoms with van der Waals surface area (Å²) in [5.74, 6) is 0.322. The van der Waals surface area contributed by atoms with Crippen LogP contribution in [0.5, 0.6) is 5.75 Å². The number of carbonyl (C=O) groups is 1. The fourth-order valence-electron chi connectivity index (χ4n) is 0.428. The molecule has 0 aromatic heterocycles. The molecule has 0 spiro atoms. The molecule has 3 heteroatoms. The molecule has 10 heavy (non-hydrogen) atoms. The molecule has 0 aliphatic rings. The van der Waals surface area contributed by atoms with Crippen LogP contribution in [0.2, 0.25) is 0 Å². The fourth-order valence-corrected chi connectivity index (χ4v) is 0.428. The Morgan fingerprint density at radius 1 is 1.10 bits per heavy atom. The van der Waals surface area contributed by atoms with Gasteiger partial charge in [0, 0.05) is 21.1 Å². The SMILES string of the molecule is C=O.Oc1ccccc1.[Mo]. The summed E-state index contributed by atoms with van der Waals surface area (Å²) in [6, 6.07) is 8.71. The van der Waals surface area contributed by atoms with Crippen LogP contribution < -0.4 is 0 Å². The van der Waals surface area contributed by atoms with Crippen LogP contribution in [0, 0.1) is 0 Å². The van der Waals surface area contributed by atoms with Crippen molar-refractivity contribution in [1.82, 2.24) is 0 Å². The second-order valence-electron chi connectivity index (χ2n) is 1.34. The number of phenols is 1. The molecule has 0 fully saturated rings. The van der Waals surface area contributed by atoms with Gasteiger partial charge in [-0.1, -0.05) is 18.2 Å². The Balaban J connectivity index is 0. The van der Waals surface area contributed by atoms with Gasteiger partial charge in [-0.25, -0.2) is 0 Å². The van der Waals surface area contributed by atoms with Crippen LogP contribution in [0.1, 0.15) is 0 Å². The summed E-state index contributed by atoms with van der Waals surface area (Å²) in [6.45, 7) is 2.00. The minimum Gasteiger partial charge on any atom is -0.508 e. The molecule has 0 aliphatic heterocycles. The van der Waals surface area contributed by atoms with E-state index in [4.69, 9.17) is 9.90 Å². The minimum atomic E-state index is 0. The van der Waals surface area contributed by atoms with Crippen molar-refractivity contribution in [2.75, 3.05) is 0 Å². The first-order valence-corrected chi connectivity index (χ1v) is 2.42. The summed E-state index contributed by atoms with van der Waals surface area (Å²) < 4.78 is 0. The van der Waals surface area contributed by atoms with Crippen molar-refractivity contribution in [2.24, 2.45) is 0 Å². The van der Waals surface area contributed by atoms with E-state index in [2.05, 4.69) is 0 Å². The summed E-state index contributed by atoms with van der Waals surface area (Å²) in [5.41, 5.74) is 0. The number of para-hydroxylation sites is 1. The standard InChI is InChI=1S/C6H6O.CH2O.Mo/c7-6-4-2-1-3-5-6;1-2;/h1-5,7H;1H2;. The molecule has 0 aliphatic carbocycles. The Morgan fingerprint density at radius 2 is 1.50 bits per heavy atom. The van der Waals surface area contributed by atoms with Gasteiger partial charge in [0.2, 0.25) is 0 Å². The van der Waals surface area contributed by atoms with Gasteiger partial charge >= 0.3 is 0 Å². The largest absolute Gasteiger partial charge is 0.508 e. The number of hydrogen-bond donors (Lipinski definition) is 1. The van der Waals surface area contributed by atoms with E-state index in [9.17, 15) is 0 Å². The van der Waals surface area contributed by atoms with E-state index < -0.39 is 0 Å². The molecule has 1 aromatic carbocycles. The van der Waals surface area contributed by atoms with E-state index in [-0.39, 0.29) is 21.1 Å². The van der Waals surface area contributed by atoms with Crippen LogP contribution in [0.15, 0.2) is 30.3 Å². The zero-order valence-electron chi connectivity index (χ0n) is 5.36. The monoisotopic (exact) mass is 222 g/mol. The van der Waals surface area contributed by atoms with Gasteiger partial charge in [0.15, 0.2) is 0 Å². The zero-order valence-corrected chi connectivity index (χ0v) is 7.36. The number of phenolic OH excluding ortho intramolecular Hbond substituents is 1. The average molecular weight is 220 g/mol. The molecule has 2 nitrogen and oxygen atoms in total. The van der Waals surface area contributed by atoms with Gasteiger partial charge in [-0.05, 0) is 12.1 Å². The summed E-state index contributed by atoms with van der Waals surface area (Å²) >= 11 is 0. The predicted octanol–water partition coefficient (Wildman–Crippen LogP) is 1.20. The Morgan fingerprint density at radius 3 is 1.70 bits per heavy atom. The van der Waals surface area contributed by atoms with Crippen molar-refractivity contribution in [3.63, 3.8) is 0 Å². The summed E-state index contributed by atoms with van der Waals surface area (Å²) in [4.78, 5) is 8.00. The summed E-state index contributed by atoms with van der Waals surface area (Å²) in [5, 5.41) is 8.63. The van der Waals surface area contributed by atoms with Crippen molar-refractivity contribution in [1.29, 1.82) is 0 Å². The van der Waals surface area contributed by atoms with Crippen molar-refractivity contribution < 1.29 is 31.0 Å². The Hall–Kier alpha value is -0.622. The number of benzene rings is 1. The molecule has 1 N–H and O–H groups in total. The van der Waals surface area contributed by atoms with E-state index in [0.717, 1.165) is 0 Å². The molecule has 1 rings (SSSR count). The molecule has 0 radical (unpaired) electrons. The molecule has 0 atom stereocenters. The third-order valence-electron chi connectivity index (χ3n) is 0.756. The van der Waals surface area contributed by atoms with E-state index in [0.29, 0.717) is 5.75 Å². The third kappa shape index (κ3) is 5.51. The van der Waals surface area contributed by atoms with Gasteiger partial charge in [0.1, 0.15) is 12.5 Å². The maximum absolute atomic E-state index is 8.63. The Kier molecular flexibility index (Phi) is 10.1. The normalized spacial score (nSPS) is 6.40. The minimum absolute atomic E-state index is 0. The molecule has 0 saturated heterocycles. The quantitative estimate of drug-likeness (QED) is 0.667. The van der Waals surface area contributed by atoms with Crippen LogP contribution in [0.25, 0.3) is 0 Å². The first-order chi connectivity index (χ1) is 4.39. The number of carbonyl (C=O) groups excluding carboxylic acids is 1. The van der Waals surface area contributed by atoms with Gasteiger partial charge in [-0.2, -0.15) is 0 Å². The Labute approximate surface area is 74.1 Å². The molecule has 0 bridgehead atoms. The van der Waals surface area contributed by atoms with Gasteiger partial charge < -0.3 is 9.90 Å². The van der Waals surface area contributed by atoms with Gasteiger partial charge in [0.25, 0.3) is 0 Å². The van der Waals surface area contributed by atoms with Crippen molar-refractivity contribution >= 4 is 6.79 Å². The number of aromatic hydroxyl groups is 1. The topological polar surface area (TPSA) is 37.3 Å². The molecular weight excluding hydrogens is 212 g/mol. The first-order valence-electron chi connectivity index (χ1n) is 2.42. The van der Waals surface area contributed by atoms with Crippen LogP contribution in [-0.4, -0.2) is 11.9 Å². The Bertz CT molecular complexity index is 153. The predicted molar refractivity (Wildman–Crippen MR) is 35.2 cm³/mol. The molecular formula is C7H8MoO2. The van der Waals surface area contributed by atoms with Crippen LogP contribution in [-0.2, 0) is 25.9 Å². The van der Waals surface area contributed by atoms with Gasteiger partial charge in [0.05, 0.1) is 0 Å². The average Bonchev–Trinajstić information content (AvgIpc) is 1.94. The van der Waals surface area contributed by atoms with E-state index in [1.165, 1.54) is 0 Å². The smallest absolute Gasteiger partial charge is 0.115 e. The van der Waals surface area contributed by atoms with E-state index >= 15 is 0 Å². The van der Waals surface area contributed by atoms with Crippen molar-refractivity contribution in [3.05, 3.63) is 30.3 Å². The molecule has 1 aromatic rings. The summed E-state index contributed by atoms with van der Waals surface area (Å²) in [6.07, 6.45) is 0. The maximum atomic E-state index is 8.63. The van der Waals surface area contributed by atoms with Crippen LogP contribution >= 0.6 is 0 Å². The van der Waals surface area contributed by atoms with Crippen LogP contribution in [0.4, 0.5) is 0 Å². The second-order valence-corrected chi connectivity index (χ2v) is 1.34. The zero-order chi connectivity index (χ0) is 7.11. The molecule has 0 saturated carbocycles. The third-order valence-corrected chi connectivity index (χ3v) is 0.756. The van der Waals surface area contributed by atoms with Gasteiger partial charge in [-0.15, -0.1) is 0 Å². The van der Waals surface area contributed by atoms with Crippen LogP contribution in [0.3, 0.4) is 0 Å². The molecule has 0 unspecified atom stereocenters. The van der Waals surface area contributed by atoms with Crippen molar-refractivity contribution in [3.8, 4) is 5.75 Å². The van der Waals surface area contributed by atoms with Crippen molar-refractivity contribution in [2.45, 2.75) is 0 Å². The summed E-state index contributed by atoms with van der Waals surface area (Å²) in [7, 11) is 0. The number of rotatable bonds is 0. The number of hydrogen-bond acceptors (Lipinski definition) is 2.